The Kier molecular flexibility index (Phi) is 4.82. The van der Waals surface area contributed by atoms with Crippen molar-refractivity contribution >= 4 is 34.4 Å². The van der Waals surface area contributed by atoms with Gasteiger partial charge in [-0.3, -0.25) is 5.43 Å². The number of rotatable bonds is 3. The van der Waals surface area contributed by atoms with E-state index in [2.05, 4.69) is 15.8 Å². The lowest BCUT2D eigenvalue weighted by Gasteiger charge is -2.23. The van der Waals surface area contributed by atoms with Gasteiger partial charge in [0.25, 0.3) is 0 Å². The Morgan fingerprint density at radius 2 is 2.00 bits per heavy atom. The number of fused-ring (bicyclic) bond motifs is 2. The minimum atomic E-state index is -0.758. The topological polar surface area (TPSA) is 41.9 Å². The van der Waals surface area contributed by atoms with Gasteiger partial charge in [-0.05, 0) is 39.0 Å². The highest BCUT2D eigenvalue weighted by molar-refractivity contribution is 6.31. The van der Waals surface area contributed by atoms with Crippen LogP contribution in [0.4, 0.5) is 30.4 Å². The van der Waals surface area contributed by atoms with Crippen LogP contribution in [0.5, 0.6) is 0 Å². The number of nitrogens with one attached hydrogen (secondary N) is 2. The van der Waals surface area contributed by atoms with E-state index < -0.39 is 17.5 Å². The number of aryl methyl sites for hydroxylation is 1. The van der Waals surface area contributed by atoms with E-state index in [1.54, 1.807) is 13.8 Å². The Morgan fingerprint density at radius 3 is 2.65 bits per heavy atom. The summed E-state index contributed by atoms with van der Waals surface area (Å²) in [7, 11) is 0. The smallest absolute Gasteiger partial charge is 0.160 e. The summed E-state index contributed by atoms with van der Waals surface area (Å²) in [5.41, 5.74) is 3.67. The van der Waals surface area contributed by atoms with E-state index in [1.165, 1.54) is 23.9 Å². The van der Waals surface area contributed by atoms with Crippen LogP contribution in [0, 0.1) is 12.7 Å². The Hall–Kier alpha value is -2.67. The zero-order chi connectivity index (χ0) is 19.0. The first kappa shape index (κ1) is 18.1. The first-order chi connectivity index (χ1) is 12.4. The van der Waals surface area contributed by atoms with Crippen molar-refractivity contribution in [3.05, 3.63) is 64.1 Å². The molecule has 3 rings (SSSR count). The molecule has 1 aromatic carbocycles. The van der Waals surface area contributed by atoms with E-state index in [1.807, 2.05) is 0 Å². The maximum atomic E-state index is 14.6. The van der Waals surface area contributed by atoms with Gasteiger partial charge in [0.2, 0.25) is 0 Å². The molecule has 0 radical (unpaired) electrons. The molecule has 0 atom stereocenters. The Bertz CT molecular complexity index is 973. The molecular formula is C18H16ClF3N4. The van der Waals surface area contributed by atoms with Gasteiger partial charge in [-0.2, -0.15) is 9.89 Å². The molecule has 1 aromatic heterocycles. The molecule has 1 aliphatic heterocycles. The number of allylic oxidation sites excluding steroid dienone is 6. The van der Waals surface area contributed by atoms with Gasteiger partial charge >= 0.3 is 0 Å². The van der Waals surface area contributed by atoms with Crippen molar-refractivity contribution in [2.45, 2.75) is 20.8 Å². The molecule has 136 valence electrons. The zero-order valence-electron chi connectivity index (χ0n) is 14.3. The van der Waals surface area contributed by atoms with Crippen LogP contribution in [-0.2, 0) is 0 Å². The fraction of sp³-hybridized carbons (Fsp3) is 0.167. The van der Waals surface area contributed by atoms with Crippen LogP contribution in [0.15, 0.2) is 42.0 Å². The molecule has 4 nitrogen and oxygen atoms in total. The highest BCUT2D eigenvalue weighted by Gasteiger charge is 2.28. The van der Waals surface area contributed by atoms with Crippen molar-refractivity contribution in [1.29, 1.82) is 0 Å². The van der Waals surface area contributed by atoms with Crippen molar-refractivity contribution in [3.8, 4) is 0 Å². The number of benzene rings is 1. The average molecular weight is 381 g/mol. The van der Waals surface area contributed by atoms with Gasteiger partial charge in [0.15, 0.2) is 5.82 Å². The SMILES string of the molecule is C/C=C/C(F)=C(\C(F)=C/C)c1c(C)nn2c1Nc1c(F)cc(Cl)cc1N2. The summed E-state index contributed by atoms with van der Waals surface area (Å²) in [5.74, 6) is -1.88. The van der Waals surface area contributed by atoms with E-state index in [0.29, 0.717) is 11.4 Å². The molecule has 0 bridgehead atoms. The van der Waals surface area contributed by atoms with Gasteiger partial charge in [-0.25, -0.2) is 13.2 Å². The van der Waals surface area contributed by atoms with Crippen LogP contribution in [0.3, 0.4) is 0 Å². The zero-order valence-corrected chi connectivity index (χ0v) is 15.0. The monoisotopic (exact) mass is 380 g/mol. The average Bonchev–Trinajstić information content (AvgIpc) is 2.88. The van der Waals surface area contributed by atoms with Crippen molar-refractivity contribution in [1.82, 2.24) is 9.89 Å². The van der Waals surface area contributed by atoms with E-state index in [4.69, 9.17) is 11.6 Å². The van der Waals surface area contributed by atoms with Crippen LogP contribution in [0.1, 0.15) is 25.1 Å². The third kappa shape index (κ3) is 2.99. The summed E-state index contributed by atoms with van der Waals surface area (Å²) >= 11 is 5.87. The summed E-state index contributed by atoms with van der Waals surface area (Å²) in [6.45, 7) is 4.70. The molecule has 0 fully saturated rings. The van der Waals surface area contributed by atoms with Crippen molar-refractivity contribution in [2.75, 3.05) is 10.7 Å². The molecule has 2 aromatic rings. The molecule has 0 amide bonds. The standard InChI is InChI=1S/C18H16ClF3N4/c1-4-6-12(21)16(11(20)5-2)15-9(3)24-26-18(15)23-17-13(22)7-10(19)8-14(17)25-26/h4-8,23,25H,1-3H3/b6-4+,11-5+,16-12-. The second-order valence-electron chi connectivity index (χ2n) is 5.63. The molecule has 0 saturated heterocycles. The minimum absolute atomic E-state index is 0.120. The van der Waals surface area contributed by atoms with E-state index in [9.17, 15) is 13.2 Å². The summed E-state index contributed by atoms with van der Waals surface area (Å²) in [4.78, 5) is 1.30. The second-order valence-corrected chi connectivity index (χ2v) is 6.06. The van der Waals surface area contributed by atoms with Crippen LogP contribution >= 0.6 is 11.6 Å². The van der Waals surface area contributed by atoms with E-state index in [0.717, 1.165) is 18.2 Å². The fourth-order valence-electron chi connectivity index (χ4n) is 2.77. The summed E-state index contributed by atoms with van der Waals surface area (Å²) in [6, 6.07) is 2.67. The quantitative estimate of drug-likeness (QED) is 0.544. The first-order valence-electron chi connectivity index (χ1n) is 7.85. The van der Waals surface area contributed by atoms with Crippen LogP contribution in [0.2, 0.25) is 5.02 Å². The first-order valence-corrected chi connectivity index (χ1v) is 8.22. The van der Waals surface area contributed by atoms with Gasteiger partial charge in [0.1, 0.15) is 23.2 Å². The molecule has 8 heteroatoms. The largest absolute Gasteiger partial charge is 0.334 e. The number of hydrogen-bond donors (Lipinski definition) is 2. The molecule has 1 aliphatic rings. The maximum absolute atomic E-state index is 14.6. The number of nitrogens with zero attached hydrogens (tertiary/aromatic N) is 2. The number of halogens is 4. The third-order valence-corrected chi connectivity index (χ3v) is 4.10. The Morgan fingerprint density at radius 1 is 1.27 bits per heavy atom. The maximum Gasteiger partial charge on any atom is 0.160 e. The van der Waals surface area contributed by atoms with Crippen LogP contribution in [-0.4, -0.2) is 9.89 Å². The van der Waals surface area contributed by atoms with Gasteiger partial charge in [0, 0.05) is 5.02 Å². The van der Waals surface area contributed by atoms with Gasteiger partial charge in [-0.15, -0.1) is 0 Å². The molecule has 2 N–H and O–H groups in total. The molecule has 0 spiro atoms. The summed E-state index contributed by atoms with van der Waals surface area (Å²) in [5, 5.41) is 7.33. The summed E-state index contributed by atoms with van der Waals surface area (Å²) < 4.78 is 43.3. The van der Waals surface area contributed by atoms with Crippen molar-refractivity contribution < 1.29 is 13.2 Å². The molecule has 0 aliphatic carbocycles. The molecule has 2 heterocycles. The fourth-order valence-corrected chi connectivity index (χ4v) is 2.98. The molecule has 0 saturated carbocycles. The predicted molar refractivity (Wildman–Crippen MR) is 98.4 cm³/mol. The minimum Gasteiger partial charge on any atom is -0.334 e. The van der Waals surface area contributed by atoms with Gasteiger partial charge in [0.05, 0.1) is 22.5 Å². The number of anilines is 3. The summed E-state index contributed by atoms with van der Waals surface area (Å²) in [6.07, 6.45) is 3.78. The van der Waals surface area contributed by atoms with Gasteiger partial charge in [-0.1, -0.05) is 23.8 Å². The highest BCUT2D eigenvalue weighted by Crippen LogP contribution is 2.42. The number of hydrogen-bond acceptors (Lipinski definition) is 3. The molecular weight excluding hydrogens is 365 g/mol. The lowest BCUT2D eigenvalue weighted by Crippen LogP contribution is -2.20. The molecule has 26 heavy (non-hydrogen) atoms. The Labute approximate surface area is 153 Å². The van der Waals surface area contributed by atoms with E-state index in [-0.39, 0.29) is 27.7 Å². The van der Waals surface area contributed by atoms with E-state index >= 15 is 0 Å². The van der Waals surface area contributed by atoms with Gasteiger partial charge < -0.3 is 5.32 Å². The van der Waals surface area contributed by atoms with Crippen molar-refractivity contribution in [2.24, 2.45) is 0 Å². The predicted octanol–water partition coefficient (Wildman–Crippen LogP) is 6.05. The van der Waals surface area contributed by atoms with Crippen LogP contribution in [0.25, 0.3) is 5.57 Å². The van der Waals surface area contributed by atoms with Crippen molar-refractivity contribution in [3.63, 3.8) is 0 Å². The highest BCUT2D eigenvalue weighted by atomic mass is 35.5. The third-order valence-electron chi connectivity index (χ3n) is 3.88. The lowest BCUT2D eigenvalue weighted by atomic mass is 10.0. The lowest BCUT2D eigenvalue weighted by molar-refractivity contribution is 0.629. The molecule has 0 unspecified atom stereocenters. The number of aromatic nitrogens is 2. The normalized spacial score (nSPS) is 14.5. The Balaban J connectivity index is 2.22. The van der Waals surface area contributed by atoms with Crippen LogP contribution < -0.4 is 10.7 Å². The second kappa shape index (κ2) is 6.92.